The second-order valence-electron chi connectivity index (χ2n) is 22.7. The lowest BCUT2D eigenvalue weighted by Crippen LogP contribution is -2.30. The Kier molecular flexibility index (Phi) is 64.2. The molecule has 1 atom stereocenters. The maximum atomic E-state index is 12.9. The van der Waals surface area contributed by atoms with Crippen LogP contribution in [0.2, 0.25) is 0 Å². The van der Waals surface area contributed by atoms with E-state index in [2.05, 4.69) is 106 Å². The number of rotatable bonds is 62. The minimum absolute atomic E-state index is 0.0740. The van der Waals surface area contributed by atoms with Crippen molar-refractivity contribution in [3.63, 3.8) is 0 Å². The number of hydrogen-bond donors (Lipinski definition) is 0. The van der Waals surface area contributed by atoms with Crippen LogP contribution < -0.4 is 0 Å². The van der Waals surface area contributed by atoms with Crippen molar-refractivity contribution in [2.24, 2.45) is 0 Å². The van der Waals surface area contributed by atoms with Gasteiger partial charge >= 0.3 is 17.9 Å². The van der Waals surface area contributed by atoms with Gasteiger partial charge in [-0.25, -0.2) is 0 Å². The highest BCUT2D eigenvalue weighted by molar-refractivity contribution is 5.71. The van der Waals surface area contributed by atoms with Crippen LogP contribution in [0.1, 0.15) is 342 Å². The molecule has 79 heavy (non-hydrogen) atoms. The first-order chi connectivity index (χ1) is 39.0. The largest absolute Gasteiger partial charge is 0.462 e. The second-order valence-corrected chi connectivity index (χ2v) is 22.7. The molecule has 0 aliphatic heterocycles. The van der Waals surface area contributed by atoms with Crippen LogP contribution in [0.15, 0.2) is 85.1 Å². The summed E-state index contributed by atoms with van der Waals surface area (Å²) in [5.41, 5.74) is 0. The third-order valence-corrected chi connectivity index (χ3v) is 14.9. The topological polar surface area (TPSA) is 78.9 Å². The summed E-state index contributed by atoms with van der Waals surface area (Å²) in [5.74, 6) is -0.875. The Morgan fingerprint density at radius 1 is 0.266 bits per heavy atom. The number of hydrogen-bond acceptors (Lipinski definition) is 6. The van der Waals surface area contributed by atoms with Crippen molar-refractivity contribution >= 4 is 17.9 Å². The van der Waals surface area contributed by atoms with Crippen LogP contribution in [0.4, 0.5) is 0 Å². The van der Waals surface area contributed by atoms with E-state index in [9.17, 15) is 14.4 Å². The van der Waals surface area contributed by atoms with Crippen LogP contribution in [0, 0.1) is 0 Å². The zero-order chi connectivity index (χ0) is 57.1. The highest BCUT2D eigenvalue weighted by atomic mass is 16.6. The maximum absolute atomic E-state index is 12.9. The first kappa shape index (κ1) is 75.6. The molecule has 0 heterocycles. The summed E-state index contributed by atoms with van der Waals surface area (Å²) in [6.45, 7) is 6.47. The van der Waals surface area contributed by atoms with E-state index in [1.165, 1.54) is 199 Å². The fraction of sp³-hybridized carbons (Fsp3) is 0.767. The van der Waals surface area contributed by atoms with Crippen molar-refractivity contribution in [1.82, 2.24) is 0 Å². The van der Waals surface area contributed by atoms with Crippen molar-refractivity contribution in [2.45, 2.75) is 348 Å². The molecular weight excluding hydrogens is 973 g/mol. The van der Waals surface area contributed by atoms with Crippen molar-refractivity contribution < 1.29 is 28.6 Å². The average Bonchev–Trinajstić information content (AvgIpc) is 3.45. The Bertz CT molecular complexity index is 1500. The van der Waals surface area contributed by atoms with Gasteiger partial charge in [-0.3, -0.25) is 14.4 Å². The van der Waals surface area contributed by atoms with E-state index in [0.29, 0.717) is 19.3 Å². The molecule has 0 radical (unpaired) electrons. The molecule has 0 aliphatic carbocycles. The van der Waals surface area contributed by atoms with Gasteiger partial charge in [0.05, 0.1) is 0 Å². The summed E-state index contributed by atoms with van der Waals surface area (Å²) in [5, 5.41) is 0. The number of carbonyl (C=O) groups excluding carboxylic acids is 3. The summed E-state index contributed by atoms with van der Waals surface area (Å²) in [6, 6.07) is 0. The molecule has 0 aromatic carbocycles. The molecule has 1 unspecified atom stereocenters. The van der Waals surface area contributed by atoms with E-state index in [0.717, 1.165) is 103 Å². The lowest BCUT2D eigenvalue weighted by molar-refractivity contribution is -0.167. The van der Waals surface area contributed by atoms with Gasteiger partial charge in [0.15, 0.2) is 6.10 Å². The van der Waals surface area contributed by atoms with Gasteiger partial charge in [0, 0.05) is 19.3 Å². The Balaban J connectivity index is 3.99. The number of esters is 3. The predicted octanol–water partition coefficient (Wildman–Crippen LogP) is 23.4. The predicted molar refractivity (Wildman–Crippen MR) is 344 cm³/mol. The minimum atomic E-state index is -0.773. The Morgan fingerprint density at radius 3 is 0.772 bits per heavy atom. The van der Waals surface area contributed by atoms with Crippen molar-refractivity contribution in [1.29, 1.82) is 0 Å². The Morgan fingerprint density at radius 2 is 0.494 bits per heavy atom. The zero-order valence-corrected chi connectivity index (χ0v) is 52.4. The second kappa shape index (κ2) is 67.1. The van der Waals surface area contributed by atoms with E-state index in [4.69, 9.17) is 14.2 Å². The van der Waals surface area contributed by atoms with Gasteiger partial charge < -0.3 is 14.2 Å². The van der Waals surface area contributed by atoms with Crippen LogP contribution in [-0.2, 0) is 28.6 Å². The highest BCUT2D eigenvalue weighted by Gasteiger charge is 2.19. The van der Waals surface area contributed by atoms with Gasteiger partial charge in [-0.05, 0) is 96.3 Å². The molecule has 0 N–H and O–H groups in total. The third kappa shape index (κ3) is 65.3. The van der Waals surface area contributed by atoms with Crippen LogP contribution in [0.3, 0.4) is 0 Å². The molecule has 0 saturated carbocycles. The van der Waals surface area contributed by atoms with Gasteiger partial charge in [0.1, 0.15) is 13.2 Å². The standard InChI is InChI=1S/C73H128O6/c1-4-7-10-13-15-17-19-21-23-25-27-29-31-33-35-36-38-39-41-43-45-47-49-51-53-55-57-60-63-66-72(75)78-69-70(68-77-71(74)65-62-59-12-9-6-3)79-73(76)67-64-61-58-56-54-52-50-48-46-44-42-40-37-34-32-30-28-26-24-22-20-18-16-14-11-8-5-2/h7,10,15,17,20-23,26-29,33,35,70H,4-6,8-9,11-14,16,18-19,24-25,30-32,34,36-69H2,1-3H3/b10-7-,17-15-,22-20-,23-21-,28-26-,29-27-,35-33-. The molecule has 0 saturated heterocycles. The zero-order valence-electron chi connectivity index (χ0n) is 52.4. The quantitative estimate of drug-likeness (QED) is 0.0261. The van der Waals surface area contributed by atoms with E-state index >= 15 is 0 Å². The van der Waals surface area contributed by atoms with E-state index < -0.39 is 6.10 Å². The summed E-state index contributed by atoms with van der Waals surface area (Å²) in [4.78, 5) is 38.0. The van der Waals surface area contributed by atoms with Gasteiger partial charge in [-0.1, -0.05) is 311 Å². The molecule has 0 rings (SSSR count). The van der Waals surface area contributed by atoms with E-state index in [-0.39, 0.29) is 31.1 Å². The molecule has 0 aromatic rings. The molecule has 456 valence electrons. The molecule has 0 aromatic heterocycles. The summed E-state index contributed by atoms with van der Waals surface area (Å²) >= 11 is 0. The molecule has 0 spiro atoms. The molecule has 0 fully saturated rings. The monoisotopic (exact) mass is 1100 g/mol. The number of allylic oxidation sites excluding steroid dienone is 14. The van der Waals surface area contributed by atoms with Gasteiger partial charge in [-0.15, -0.1) is 0 Å². The van der Waals surface area contributed by atoms with E-state index in [1.54, 1.807) is 0 Å². The summed E-state index contributed by atoms with van der Waals surface area (Å²) < 4.78 is 16.8. The number of ether oxygens (including phenoxy) is 3. The lowest BCUT2D eigenvalue weighted by atomic mass is 10.0. The van der Waals surface area contributed by atoms with Gasteiger partial charge in [0.25, 0.3) is 0 Å². The van der Waals surface area contributed by atoms with Crippen molar-refractivity contribution in [3.8, 4) is 0 Å². The summed E-state index contributed by atoms with van der Waals surface area (Å²) in [6.07, 6.45) is 89.4. The lowest BCUT2D eigenvalue weighted by Gasteiger charge is -2.18. The van der Waals surface area contributed by atoms with Crippen LogP contribution in [0.5, 0.6) is 0 Å². The molecule has 0 amide bonds. The molecule has 6 nitrogen and oxygen atoms in total. The van der Waals surface area contributed by atoms with Crippen LogP contribution in [0.25, 0.3) is 0 Å². The third-order valence-electron chi connectivity index (χ3n) is 14.9. The smallest absolute Gasteiger partial charge is 0.306 e. The molecule has 6 heteroatoms. The highest BCUT2D eigenvalue weighted by Crippen LogP contribution is 2.17. The van der Waals surface area contributed by atoms with Gasteiger partial charge in [0.2, 0.25) is 0 Å². The fourth-order valence-electron chi connectivity index (χ4n) is 9.80. The first-order valence-electron chi connectivity index (χ1n) is 34.1. The minimum Gasteiger partial charge on any atom is -0.462 e. The fourth-order valence-corrected chi connectivity index (χ4v) is 9.80. The normalized spacial score (nSPS) is 12.6. The Labute approximate surface area is 490 Å². The summed E-state index contributed by atoms with van der Waals surface area (Å²) in [7, 11) is 0. The molecule has 0 bridgehead atoms. The van der Waals surface area contributed by atoms with Crippen molar-refractivity contribution in [3.05, 3.63) is 85.1 Å². The number of unbranched alkanes of at least 4 members (excludes halogenated alkanes) is 37. The van der Waals surface area contributed by atoms with Crippen molar-refractivity contribution in [2.75, 3.05) is 13.2 Å². The van der Waals surface area contributed by atoms with Gasteiger partial charge in [-0.2, -0.15) is 0 Å². The van der Waals surface area contributed by atoms with Crippen LogP contribution >= 0.6 is 0 Å². The average molecular weight is 1100 g/mol. The molecule has 0 aliphatic rings. The first-order valence-corrected chi connectivity index (χ1v) is 34.1. The Hall–Kier alpha value is -3.41. The SMILES string of the molecule is CC/C=C\C/C=C\C/C=C\C/C=C\C/C=C\CCCCCCCCCCCCCCCC(=O)OCC(COC(=O)CCCCCCC)OC(=O)CCCCCCCCCCCCCCCCC/C=C\C/C=C\CCCCCCC. The molecular formula is C73H128O6. The number of carbonyl (C=O) groups is 3. The maximum Gasteiger partial charge on any atom is 0.306 e. The van der Waals surface area contributed by atoms with Crippen LogP contribution in [-0.4, -0.2) is 37.2 Å². The van der Waals surface area contributed by atoms with E-state index in [1.807, 2.05) is 0 Å².